The standard InChI is InChI=1S/C16H24BrNOS/c1-4-10-18-15-14(8-9-16(15,2)3)20(19)13-7-5-6-12(17)11-13/h5-7,11,14-15,18H,4,8-10H2,1-3H3. The molecule has 1 saturated carbocycles. The van der Waals surface area contributed by atoms with Crippen LogP contribution in [0.15, 0.2) is 33.6 Å². The Morgan fingerprint density at radius 2 is 2.20 bits per heavy atom. The highest BCUT2D eigenvalue weighted by atomic mass is 79.9. The van der Waals surface area contributed by atoms with Gasteiger partial charge < -0.3 is 5.32 Å². The second-order valence-electron chi connectivity index (χ2n) is 6.25. The third kappa shape index (κ3) is 3.52. The van der Waals surface area contributed by atoms with Crippen LogP contribution < -0.4 is 5.32 Å². The van der Waals surface area contributed by atoms with Gasteiger partial charge in [-0.25, -0.2) is 0 Å². The van der Waals surface area contributed by atoms with E-state index in [-0.39, 0.29) is 10.7 Å². The fourth-order valence-corrected chi connectivity index (χ4v) is 5.44. The molecule has 0 aromatic heterocycles. The minimum absolute atomic E-state index is 0.214. The first-order chi connectivity index (χ1) is 9.45. The Balaban J connectivity index is 2.20. The summed E-state index contributed by atoms with van der Waals surface area (Å²) in [5, 5.41) is 3.85. The fraction of sp³-hybridized carbons (Fsp3) is 0.625. The van der Waals surface area contributed by atoms with Crippen LogP contribution in [0, 0.1) is 5.41 Å². The van der Waals surface area contributed by atoms with Gasteiger partial charge in [0.2, 0.25) is 0 Å². The van der Waals surface area contributed by atoms with Crippen LogP contribution in [0.4, 0.5) is 0 Å². The van der Waals surface area contributed by atoms with Gasteiger partial charge in [0.25, 0.3) is 0 Å². The van der Waals surface area contributed by atoms with Gasteiger partial charge >= 0.3 is 0 Å². The molecule has 1 fully saturated rings. The first-order valence-corrected chi connectivity index (χ1v) is 9.36. The Bertz CT molecular complexity index is 489. The molecular formula is C16H24BrNOS. The van der Waals surface area contributed by atoms with Crippen LogP contribution in [0.2, 0.25) is 0 Å². The van der Waals surface area contributed by atoms with Gasteiger partial charge in [-0.05, 0) is 49.4 Å². The SMILES string of the molecule is CCCNC1C(S(=O)c2cccc(Br)c2)CCC1(C)C. The van der Waals surface area contributed by atoms with Gasteiger partial charge in [0.1, 0.15) is 0 Å². The van der Waals surface area contributed by atoms with Crippen LogP contribution in [-0.2, 0) is 10.8 Å². The van der Waals surface area contributed by atoms with E-state index in [0.717, 1.165) is 35.2 Å². The van der Waals surface area contributed by atoms with Crippen molar-refractivity contribution in [1.29, 1.82) is 0 Å². The summed E-state index contributed by atoms with van der Waals surface area (Å²) in [7, 11) is -0.942. The van der Waals surface area contributed by atoms with Crippen LogP contribution in [0.1, 0.15) is 40.0 Å². The molecular weight excluding hydrogens is 334 g/mol. The van der Waals surface area contributed by atoms with E-state index in [4.69, 9.17) is 0 Å². The lowest BCUT2D eigenvalue weighted by Crippen LogP contribution is -2.46. The van der Waals surface area contributed by atoms with Crippen molar-refractivity contribution in [1.82, 2.24) is 5.32 Å². The van der Waals surface area contributed by atoms with Gasteiger partial charge in [-0.3, -0.25) is 4.21 Å². The largest absolute Gasteiger partial charge is 0.312 e. The van der Waals surface area contributed by atoms with E-state index in [9.17, 15) is 4.21 Å². The van der Waals surface area contributed by atoms with Crippen molar-refractivity contribution in [2.75, 3.05) is 6.54 Å². The summed E-state index contributed by atoms with van der Waals surface area (Å²) in [5.41, 5.74) is 0.224. The highest BCUT2D eigenvalue weighted by Gasteiger charge is 2.44. The topological polar surface area (TPSA) is 29.1 Å². The summed E-state index contributed by atoms with van der Waals surface area (Å²) >= 11 is 3.47. The van der Waals surface area contributed by atoms with E-state index in [1.165, 1.54) is 0 Å². The Hall–Kier alpha value is -0.190. The van der Waals surface area contributed by atoms with E-state index in [2.05, 4.69) is 42.0 Å². The van der Waals surface area contributed by atoms with Gasteiger partial charge in [-0.15, -0.1) is 0 Å². The number of nitrogens with one attached hydrogen (secondary N) is 1. The predicted molar refractivity (Wildman–Crippen MR) is 89.4 cm³/mol. The molecule has 1 aromatic rings. The van der Waals surface area contributed by atoms with Crippen molar-refractivity contribution in [2.24, 2.45) is 5.41 Å². The Morgan fingerprint density at radius 3 is 2.85 bits per heavy atom. The fourth-order valence-electron chi connectivity index (χ4n) is 3.04. The van der Waals surface area contributed by atoms with Crippen LogP contribution in [0.5, 0.6) is 0 Å². The van der Waals surface area contributed by atoms with E-state index in [1.54, 1.807) is 0 Å². The minimum Gasteiger partial charge on any atom is -0.312 e. The zero-order chi connectivity index (χ0) is 14.8. The summed E-state index contributed by atoms with van der Waals surface area (Å²) in [5.74, 6) is 0. The van der Waals surface area contributed by atoms with Crippen molar-refractivity contribution < 1.29 is 4.21 Å². The van der Waals surface area contributed by atoms with Crippen molar-refractivity contribution >= 4 is 26.7 Å². The molecule has 0 radical (unpaired) electrons. The predicted octanol–water partition coefficient (Wildman–Crippen LogP) is 4.11. The third-order valence-corrected chi connectivity index (χ3v) is 6.47. The van der Waals surface area contributed by atoms with Gasteiger partial charge in [0.15, 0.2) is 0 Å². The molecule has 1 aliphatic rings. The molecule has 3 atom stereocenters. The molecule has 0 amide bonds. The van der Waals surface area contributed by atoms with Crippen LogP contribution in [-0.4, -0.2) is 22.0 Å². The molecule has 0 aliphatic heterocycles. The quantitative estimate of drug-likeness (QED) is 0.858. The number of hydrogen-bond acceptors (Lipinski definition) is 2. The van der Waals surface area contributed by atoms with Crippen LogP contribution in [0.3, 0.4) is 0 Å². The van der Waals surface area contributed by atoms with Gasteiger partial charge in [0, 0.05) is 15.4 Å². The van der Waals surface area contributed by atoms with Crippen molar-refractivity contribution in [3.63, 3.8) is 0 Å². The van der Waals surface area contributed by atoms with Gasteiger partial charge in [-0.1, -0.05) is 42.8 Å². The molecule has 1 aromatic carbocycles. The highest BCUT2D eigenvalue weighted by Crippen LogP contribution is 2.41. The molecule has 0 bridgehead atoms. The molecule has 1 N–H and O–H groups in total. The molecule has 2 nitrogen and oxygen atoms in total. The third-order valence-electron chi connectivity index (χ3n) is 4.20. The number of hydrogen-bond donors (Lipinski definition) is 1. The average molecular weight is 358 g/mol. The van der Waals surface area contributed by atoms with Gasteiger partial charge in [-0.2, -0.15) is 0 Å². The lowest BCUT2D eigenvalue weighted by Gasteiger charge is -2.31. The monoisotopic (exact) mass is 357 g/mol. The minimum atomic E-state index is -0.942. The second kappa shape index (κ2) is 6.71. The van der Waals surface area contributed by atoms with Crippen molar-refractivity contribution in [2.45, 2.75) is 56.2 Å². The molecule has 20 heavy (non-hydrogen) atoms. The lowest BCUT2D eigenvalue weighted by atomic mass is 9.87. The zero-order valence-corrected chi connectivity index (χ0v) is 14.9. The second-order valence-corrected chi connectivity index (χ2v) is 8.84. The first-order valence-electron chi connectivity index (χ1n) is 7.35. The summed E-state index contributed by atoms with van der Waals surface area (Å²) in [6, 6.07) is 8.24. The summed E-state index contributed by atoms with van der Waals surface area (Å²) in [6.45, 7) is 7.76. The summed E-state index contributed by atoms with van der Waals surface area (Å²) in [4.78, 5) is 0.936. The molecule has 0 saturated heterocycles. The number of halogens is 1. The smallest absolute Gasteiger partial charge is 0.0577 e. The van der Waals surface area contributed by atoms with E-state index in [0.29, 0.717) is 6.04 Å². The molecule has 2 rings (SSSR count). The average Bonchev–Trinajstić information content (AvgIpc) is 2.70. The first kappa shape index (κ1) is 16.2. The Labute approximate surface area is 133 Å². The molecule has 1 aliphatic carbocycles. The summed E-state index contributed by atoms with van der Waals surface area (Å²) in [6.07, 6.45) is 3.29. The highest BCUT2D eigenvalue weighted by molar-refractivity contribution is 9.10. The Kier molecular flexibility index (Phi) is 5.43. The lowest BCUT2D eigenvalue weighted by molar-refractivity contribution is 0.286. The van der Waals surface area contributed by atoms with Crippen LogP contribution in [0.25, 0.3) is 0 Å². The van der Waals surface area contributed by atoms with Gasteiger partial charge in [0.05, 0.1) is 16.0 Å². The van der Waals surface area contributed by atoms with Crippen LogP contribution >= 0.6 is 15.9 Å². The van der Waals surface area contributed by atoms with E-state index >= 15 is 0 Å². The van der Waals surface area contributed by atoms with E-state index < -0.39 is 10.8 Å². The maximum absolute atomic E-state index is 12.9. The Morgan fingerprint density at radius 1 is 1.45 bits per heavy atom. The molecule has 112 valence electrons. The normalized spacial score (nSPS) is 26.6. The molecule has 0 heterocycles. The summed E-state index contributed by atoms with van der Waals surface area (Å²) < 4.78 is 13.9. The van der Waals surface area contributed by atoms with E-state index in [1.807, 2.05) is 24.3 Å². The zero-order valence-electron chi connectivity index (χ0n) is 12.5. The number of benzene rings is 1. The van der Waals surface area contributed by atoms with Crippen molar-refractivity contribution in [3.8, 4) is 0 Å². The molecule has 4 heteroatoms. The molecule has 0 spiro atoms. The maximum Gasteiger partial charge on any atom is 0.0577 e. The molecule has 3 unspecified atom stereocenters. The number of rotatable bonds is 5. The maximum atomic E-state index is 12.9. The van der Waals surface area contributed by atoms with Crippen molar-refractivity contribution in [3.05, 3.63) is 28.7 Å².